The van der Waals surface area contributed by atoms with Crippen LogP contribution in [0.2, 0.25) is 0 Å². The van der Waals surface area contributed by atoms with Crippen LogP contribution in [0.5, 0.6) is 0 Å². The molecule has 0 aromatic carbocycles. The highest BCUT2D eigenvalue weighted by atomic mass is 16.4. The predicted molar refractivity (Wildman–Crippen MR) is 59.3 cm³/mol. The zero-order chi connectivity index (χ0) is 11.2. The molecule has 0 radical (unpaired) electrons. The van der Waals surface area contributed by atoms with Gasteiger partial charge in [0, 0.05) is 6.42 Å². The van der Waals surface area contributed by atoms with E-state index in [-0.39, 0.29) is 5.41 Å². The lowest BCUT2D eigenvalue weighted by molar-refractivity contribution is -0.139. The SMILES string of the molecule is CCCCCC(CC(=O)O)C(C)(C)C. The van der Waals surface area contributed by atoms with Gasteiger partial charge in [-0.15, -0.1) is 0 Å². The molecule has 0 heterocycles. The van der Waals surface area contributed by atoms with Crippen molar-refractivity contribution in [3.05, 3.63) is 0 Å². The van der Waals surface area contributed by atoms with Crippen molar-refractivity contribution < 1.29 is 9.90 Å². The lowest BCUT2D eigenvalue weighted by Gasteiger charge is -2.29. The molecule has 2 nitrogen and oxygen atoms in total. The minimum atomic E-state index is -0.665. The van der Waals surface area contributed by atoms with Crippen molar-refractivity contribution in [3.8, 4) is 0 Å². The maximum atomic E-state index is 10.7. The molecule has 0 amide bonds. The van der Waals surface area contributed by atoms with Crippen molar-refractivity contribution in [2.75, 3.05) is 0 Å². The van der Waals surface area contributed by atoms with E-state index < -0.39 is 5.97 Å². The first-order valence-corrected chi connectivity index (χ1v) is 5.59. The Labute approximate surface area is 87.7 Å². The molecule has 0 saturated carbocycles. The Balaban J connectivity index is 4.05. The number of hydrogen-bond donors (Lipinski definition) is 1. The van der Waals surface area contributed by atoms with E-state index in [9.17, 15) is 4.79 Å². The molecule has 2 heteroatoms. The second kappa shape index (κ2) is 6.05. The molecule has 0 aliphatic carbocycles. The van der Waals surface area contributed by atoms with E-state index >= 15 is 0 Å². The van der Waals surface area contributed by atoms with Crippen LogP contribution in [0.3, 0.4) is 0 Å². The second-order valence-corrected chi connectivity index (χ2v) is 5.16. The minimum absolute atomic E-state index is 0.117. The molecule has 1 N–H and O–H groups in total. The second-order valence-electron chi connectivity index (χ2n) is 5.16. The fourth-order valence-electron chi connectivity index (χ4n) is 1.69. The third kappa shape index (κ3) is 6.01. The van der Waals surface area contributed by atoms with Gasteiger partial charge in [0.05, 0.1) is 0 Å². The van der Waals surface area contributed by atoms with Gasteiger partial charge in [-0.3, -0.25) is 4.79 Å². The molecule has 0 rings (SSSR count). The standard InChI is InChI=1S/C12H24O2/c1-5-6-7-8-10(9-11(13)14)12(2,3)4/h10H,5-9H2,1-4H3,(H,13,14). The van der Waals surface area contributed by atoms with E-state index in [1.165, 1.54) is 12.8 Å². The van der Waals surface area contributed by atoms with E-state index in [2.05, 4.69) is 27.7 Å². The summed E-state index contributed by atoms with van der Waals surface area (Å²) in [7, 11) is 0. The first-order chi connectivity index (χ1) is 6.38. The summed E-state index contributed by atoms with van der Waals surface area (Å²) in [6.07, 6.45) is 4.93. The summed E-state index contributed by atoms with van der Waals surface area (Å²) in [5.74, 6) is -0.354. The maximum absolute atomic E-state index is 10.7. The number of aliphatic carboxylic acids is 1. The quantitative estimate of drug-likeness (QED) is 0.664. The van der Waals surface area contributed by atoms with E-state index in [1.807, 2.05) is 0 Å². The Morgan fingerprint density at radius 2 is 1.86 bits per heavy atom. The number of carboxylic acids is 1. The molecular formula is C12H24O2. The van der Waals surface area contributed by atoms with Crippen molar-refractivity contribution in [2.45, 2.75) is 59.8 Å². The summed E-state index contributed by atoms with van der Waals surface area (Å²) in [5, 5.41) is 8.80. The zero-order valence-corrected chi connectivity index (χ0v) is 9.97. The smallest absolute Gasteiger partial charge is 0.303 e. The van der Waals surface area contributed by atoms with Gasteiger partial charge >= 0.3 is 5.97 Å². The molecule has 0 aliphatic heterocycles. The summed E-state index contributed by atoms with van der Waals surface area (Å²) in [4.78, 5) is 10.7. The molecule has 0 aromatic rings. The maximum Gasteiger partial charge on any atom is 0.303 e. The molecule has 0 aliphatic rings. The summed E-state index contributed by atoms with van der Waals surface area (Å²) >= 11 is 0. The number of carboxylic acid groups (broad SMARTS) is 1. The van der Waals surface area contributed by atoms with Gasteiger partial charge in [0.15, 0.2) is 0 Å². The molecule has 0 bridgehead atoms. The fourth-order valence-corrected chi connectivity index (χ4v) is 1.69. The average Bonchev–Trinajstić information content (AvgIpc) is 2.00. The summed E-state index contributed by atoms with van der Waals surface area (Å²) in [6, 6.07) is 0. The molecule has 0 fully saturated rings. The van der Waals surface area contributed by atoms with Crippen LogP contribution in [0, 0.1) is 11.3 Å². The average molecular weight is 200 g/mol. The van der Waals surface area contributed by atoms with Gasteiger partial charge in [-0.25, -0.2) is 0 Å². The Kier molecular flexibility index (Phi) is 5.82. The highest BCUT2D eigenvalue weighted by Gasteiger charge is 2.26. The van der Waals surface area contributed by atoms with E-state index in [0.717, 1.165) is 12.8 Å². The molecule has 0 aromatic heterocycles. The van der Waals surface area contributed by atoms with Crippen LogP contribution >= 0.6 is 0 Å². The van der Waals surface area contributed by atoms with Crippen LogP contribution < -0.4 is 0 Å². The minimum Gasteiger partial charge on any atom is -0.481 e. The Hall–Kier alpha value is -0.530. The molecule has 1 atom stereocenters. The van der Waals surface area contributed by atoms with Gasteiger partial charge in [0.1, 0.15) is 0 Å². The number of unbranched alkanes of at least 4 members (excludes halogenated alkanes) is 2. The summed E-state index contributed by atoms with van der Waals surface area (Å²) < 4.78 is 0. The van der Waals surface area contributed by atoms with Crippen LogP contribution in [-0.2, 0) is 4.79 Å². The molecular weight excluding hydrogens is 176 g/mol. The van der Waals surface area contributed by atoms with Crippen molar-refractivity contribution >= 4 is 5.97 Å². The third-order valence-electron chi connectivity index (χ3n) is 2.80. The highest BCUT2D eigenvalue weighted by Crippen LogP contribution is 2.32. The molecule has 1 unspecified atom stereocenters. The molecule has 0 spiro atoms. The lowest BCUT2D eigenvalue weighted by Crippen LogP contribution is -2.23. The molecule has 14 heavy (non-hydrogen) atoms. The number of hydrogen-bond acceptors (Lipinski definition) is 1. The van der Waals surface area contributed by atoms with Crippen molar-refractivity contribution in [1.82, 2.24) is 0 Å². The van der Waals surface area contributed by atoms with Crippen LogP contribution in [0.15, 0.2) is 0 Å². The Morgan fingerprint density at radius 1 is 1.29 bits per heavy atom. The normalized spacial score (nSPS) is 14.0. The predicted octanol–water partition coefficient (Wildman–Crippen LogP) is 3.70. The van der Waals surface area contributed by atoms with E-state index in [4.69, 9.17) is 5.11 Å². The monoisotopic (exact) mass is 200 g/mol. The molecule has 84 valence electrons. The highest BCUT2D eigenvalue weighted by molar-refractivity contribution is 5.67. The van der Waals surface area contributed by atoms with Gasteiger partial charge in [-0.05, 0) is 17.8 Å². The van der Waals surface area contributed by atoms with Gasteiger partial charge in [-0.1, -0.05) is 47.0 Å². The Morgan fingerprint density at radius 3 is 2.21 bits per heavy atom. The van der Waals surface area contributed by atoms with E-state index in [1.54, 1.807) is 0 Å². The van der Waals surface area contributed by atoms with Crippen LogP contribution in [-0.4, -0.2) is 11.1 Å². The van der Waals surface area contributed by atoms with Crippen molar-refractivity contribution in [1.29, 1.82) is 0 Å². The first kappa shape index (κ1) is 13.5. The van der Waals surface area contributed by atoms with Crippen LogP contribution in [0.25, 0.3) is 0 Å². The largest absolute Gasteiger partial charge is 0.481 e. The zero-order valence-electron chi connectivity index (χ0n) is 9.97. The Bertz CT molecular complexity index is 168. The topological polar surface area (TPSA) is 37.3 Å². The fraction of sp³-hybridized carbons (Fsp3) is 0.917. The van der Waals surface area contributed by atoms with Gasteiger partial charge in [0.25, 0.3) is 0 Å². The van der Waals surface area contributed by atoms with Gasteiger partial charge < -0.3 is 5.11 Å². The van der Waals surface area contributed by atoms with Crippen LogP contribution in [0.1, 0.15) is 59.8 Å². The molecule has 0 saturated heterocycles. The first-order valence-electron chi connectivity index (χ1n) is 5.59. The van der Waals surface area contributed by atoms with Crippen molar-refractivity contribution in [2.24, 2.45) is 11.3 Å². The van der Waals surface area contributed by atoms with Crippen LogP contribution in [0.4, 0.5) is 0 Å². The lowest BCUT2D eigenvalue weighted by atomic mass is 9.76. The van der Waals surface area contributed by atoms with Gasteiger partial charge in [-0.2, -0.15) is 0 Å². The van der Waals surface area contributed by atoms with Gasteiger partial charge in [0.2, 0.25) is 0 Å². The number of carbonyl (C=O) groups is 1. The number of rotatable bonds is 6. The summed E-state index contributed by atoms with van der Waals surface area (Å²) in [6.45, 7) is 8.56. The third-order valence-corrected chi connectivity index (χ3v) is 2.80. The summed E-state index contributed by atoms with van der Waals surface area (Å²) in [5.41, 5.74) is 0.117. The van der Waals surface area contributed by atoms with E-state index in [0.29, 0.717) is 12.3 Å². The van der Waals surface area contributed by atoms with Crippen molar-refractivity contribution in [3.63, 3.8) is 0 Å².